The lowest BCUT2D eigenvalue weighted by Crippen LogP contribution is -2.46. The Morgan fingerprint density at radius 2 is 1.94 bits per heavy atom. The minimum absolute atomic E-state index is 0.327. The van der Waals surface area contributed by atoms with Gasteiger partial charge in [0.05, 0.1) is 6.07 Å². The molecule has 2 rings (SSSR count). The molecular formula is C15H19ClN2. The lowest BCUT2D eigenvalue weighted by Gasteiger charge is -2.34. The highest BCUT2D eigenvalue weighted by Crippen LogP contribution is 2.31. The van der Waals surface area contributed by atoms with E-state index in [-0.39, 0.29) is 5.54 Å². The van der Waals surface area contributed by atoms with E-state index >= 15 is 0 Å². The van der Waals surface area contributed by atoms with Gasteiger partial charge in [0, 0.05) is 11.6 Å². The zero-order valence-electron chi connectivity index (χ0n) is 10.7. The second-order valence-electron chi connectivity index (χ2n) is 5.36. The third kappa shape index (κ3) is 3.25. The molecule has 1 saturated carbocycles. The second kappa shape index (κ2) is 5.73. The van der Waals surface area contributed by atoms with Crippen LogP contribution in [0, 0.1) is 17.2 Å². The van der Waals surface area contributed by atoms with Crippen LogP contribution >= 0.6 is 11.6 Å². The van der Waals surface area contributed by atoms with Crippen molar-refractivity contribution in [1.29, 1.82) is 5.26 Å². The van der Waals surface area contributed by atoms with Gasteiger partial charge in [0.25, 0.3) is 0 Å². The van der Waals surface area contributed by atoms with Crippen molar-refractivity contribution in [3.8, 4) is 6.07 Å². The van der Waals surface area contributed by atoms with E-state index in [4.69, 9.17) is 11.6 Å². The summed E-state index contributed by atoms with van der Waals surface area (Å²) in [5, 5.41) is 13.6. The summed E-state index contributed by atoms with van der Waals surface area (Å²) in [5.41, 5.74) is 0.847. The Hall–Kier alpha value is -1.04. The molecule has 18 heavy (non-hydrogen) atoms. The molecule has 1 aliphatic rings. The molecular weight excluding hydrogens is 244 g/mol. The summed E-state index contributed by atoms with van der Waals surface area (Å²) < 4.78 is 0. The van der Waals surface area contributed by atoms with E-state index in [1.165, 1.54) is 5.56 Å². The molecule has 1 aromatic rings. The second-order valence-corrected chi connectivity index (χ2v) is 5.79. The van der Waals surface area contributed by atoms with Crippen LogP contribution in [-0.4, -0.2) is 5.54 Å². The van der Waals surface area contributed by atoms with E-state index in [0.29, 0.717) is 0 Å². The van der Waals surface area contributed by atoms with Crippen molar-refractivity contribution >= 4 is 11.6 Å². The van der Waals surface area contributed by atoms with Crippen LogP contribution in [-0.2, 0) is 6.54 Å². The van der Waals surface area contributed by atoms with Crippen LogP contribution in [0.3, 0.4) is 0 Å². The number of nitrogens with zero attached hydrogens (tertiary/aromatic N) is 1. The summed E-state index contributed by atoms with van der Waals surface area (Å²) in [6.07, 6.45) is 4.19. The standard InChI is InChI=1S/C15H19ClN2/c1-12-6-8-15(11-17,9-7-12)18-10-13-2-4-14(16)5-3-13/h2-5,12,18H,6-10H2,1H3. The maximum atomic E-state index is 9.42. The largest absolute Gasteiger partial charge is 0.295 e. The van der Waals surface area contributed by atoms with Gasteiger partial charge < -0.3 is 0 Å². The Morgan fingerprint density at radius 1 is 1.33 bits per heavy atom. The summed E-state index contributed by atoms with van der Waals surface area (Å²) in [6.45, 7) is 3.00. The predicted molar refractivity (Wildman–Crippen MR) is 74.3 cm³/mol. The smallest absolute Gasteiger partial charge is 0.107 e. The van der Waals surface area contributed by atoms with E-state index in [1.807, 2.05) is 24.3 Å². The van der Waals surface area contributed by atoms with Crippen molar-refractivity contribution in [3.63, 3.8) is 0 Å². The number of benzene rings is 1. The quantitative estimate of drug-likeness (QED) is 0.897. The fourth-order valence-corrected chi connectivity index (χ4v) is 2.58. The zero-order chi connectivity index (χ0) is 13.0. The van der Waals surface area contributed by atoms with Gasteiger partial charge in [0.1, 0.15) is 5.54 Å². The molecule has 1 fully saturated rings. The lowest BCUT2D eigenvalue weighted by molar-refractivity contribution is 0.248. The van der Waals surface area contributed by atoms with Crippen molar-refractivity contribution in [2.45, 2.75) is 44.7 Å². The van der Waals surface area contributed by atoms with Crippen LogP contribution in [0.25, 0.3) is 0 Å². The Labute approximate surface area is 114 Å². The lowest BCUT2D eigenvalue weighted by atomic mass is 9.78. The fourth-order valence-electron chi connectivity index (χ4n) is 2.46. The molecule has 0 aliphatic heterocycles. The Bertz CT molecular complexity index is 425. The first-order chi connectivity index (χ1) is 8.63. The number of nitriles is 1. The summed E-state index contributed by atoms with van der Waals surface area (Å²) in [7, 11) is 0. The molecule has 0 atom stereocenters. The monoisotopic (exact) mass is 262 g/mol. The molecule has 1 aliphatic carbocycles. The van der Waals surface area contributed by atoms with Crippen LogP contribution in [0.4, 0.5) is 0 Å². The summed E-state index contributed by atoms with van der Waals surface area (Å²) >= 11 is 5.86. The SMILES string of the molecule is CC1CCC(C#N)(NCc2ccc(Cl)cc2)CC1. The molecule has 3 heteroatoms. The average molecular weight is 263 g/mol. The highest BCUT2D eigenvalue weighted by Gasteiger charge is 2.33. The molecule has 0 radical (unpaired) electrons. The van der Waals surface area contributed by atoms with E-state index < -0.39 is 0 Å². The molecule has 0 unspecified atom stereocenters. The number of nitrogens with one attached hydrogen (secondary N) is 1. The molecule has 96 valence electrons. The van der Waals surface area contributed by atoms with Gasteiger partial charge in [-0.15, -0.1) is 0 Å². The highest BCUT2D eigenvalue weighted by molar-refractivity contribution is 6.30. The van der Waals surface area contributed by atoms with Gasteiger partial charge in [0.2, 0.25) is 0 Å². The molecule has 0 amide bonds. The maximum absolute atomic E-state index is 9.42. The molecule has 1 N–H and O–H groups in total. The van der Waals surface area contributed by atoms with Gasteiger partial charge in [0.15, 0.2) is 0 Å². The minimum atomic E-state index is -0.327. The first kappa shape index (κ1) is 13.4. The molecule has 0 aromatic heterocycles. The van der Waals surface area contributed by atoms with Crippen LogP contribution in [0.1, 0.15) is 38.2 Å². The van der Waals surface area contributed by atoms with Gasteiger partial charge in [-0.3, -0.25) is 5.32 Å². The maximum Gasteiger partial charge on any atom is 0.107 e. The summed E-state index contributed by atoms with van der Waals surface area (Å²) in [6, 6.07) is 10.3. The van der Waals surface area contributed by atoms with Gasteiger partial charge >= 0.3 is 0 Å². The van der Waals surface area contributed by atoms with Gasteiger partial charge in [-0.2, -0.15) is 5.26 Å². The Balaban J connectivity index is 1.95. The number of hydrogen-bond acceptors (Lipinski definition) is 2. The van der Waals surface area contributed by atoms with E-state index in [9.17, 15) is 5.26 Å². The van der Waals surface area contributed by atoms with E-state index in [0.717, 1.165) is 43.2 Å². The first-order valence-corrected chi connectivity index (χ1v) is 6.92. The van der Waals surface area contributed by atoms with Gasteiger partial charge in [-0.05, 0) is 49.3 Å². The Morgan fingerprint density at radius 3 is 2.50 bits per heavy atom. The van der Waals surface area contributed by atoms with Crippen molar-refractivity contribution < 1.29 is 0 Å². The number of halogens is 1. The normalized spacial score (nSPS) is 27.7. The third-order valence-corrected chi connectivity index (χ3v) is 4.14. The van der Waals surface area contributed by atoms with Crippen molar-refractivity contribution in [2.24, 2.45) is 5.92 Å². The van der Waals surface area contributed by atoms with Crippen LogP contribution in [0.15, 0.2) is 24.3 Å². The minimum Gasteiger partial charge on any atom is -0.295 e. The fraction of sp³-hybridized carbons (Fsp3) is 0.533. The van der Waals surface area contributed by atoms with Crippen LogP contribution in [0.5, 0.6) is 0 Å². The van der Waals surface area contributed by atoms with E-state index in [2.05, 4.69) is 18.3 Å². The third-order valence-electron chi connectivity index (χ3n) is 3.89. The molecule has 0 saturated heterocycles. The first-order valence-electron chi connectivity index (χ1n) is 6.54. The highest BCUT2D eigenvalue weighted by atomic mass is 35.5. The van der Waals surface area contributed by atoms with Gasteiger partial charge in [-0.25, -0.2) is 0 Å². The number of hydrogen-bond donors (Lipinski definition) is 1. The molecule has 0 heterocycles. The van der Waals surface area contributed by atoms with Crippen molar-refractivity contribution in [3.05, 3.63) is 34.9 Å². The molecule has 1 aromatic carbocycles. The Kier molecular flexibility index (Phi) is 4.27. The van der Waals surface area contributed by atoms with E-state index in [1.54, 1.807) is 0 Å². The average Bonchev–Trinajstić information content (AvgIpc) is 2.41. The molecule has 0 spiro atoms. The number of rotatable bonds is 3. The summed E-state index contributed by atoms with van der Waals surface area (Å²) in [4.78, 5) is 0. The molecule has 0 bridgehead atoms. The van der Waals surface area contributed by atoms with Gasteiger partial charge in [-0.1, -0.05) is 30.7 Å². The zero-order valence-corrected chi connectivity index (χ0v) is 11.5. The van der Waals surface area contributed by atoms with Crippen molar-refractivity contribution in [2.75, 3.05) is 0 Å². The van der Waals surface area contributed by atoms with Crippen LogP contribution < -0.4 is 5.32 Å². The summed E-state index contributed by atoms with van der Waals surface area (Å²) in [5.74, 6) is 0.754. The predicted octanol–water partition coefficient (Wildman–Crippen LogP) is 3.90. The molecule has 2 nitrogen and oxygen atoms in total. The van der Waals surface area contributed by atoms with Crippen molar-refractivity contribution in [1.82, 2.24) is 5.32 Å². The topological polar surface area (TPSA) is 35.8 Å². The van der Waals surface area contributed by atoms with Crippen LogP contribution in [0.2, 0.25) is 5.02 Å².